The van der Waals surface area contributed by atoms with Crippen LogP contribution >= 0.6 is 0 Å². The number of aliphatic carboxylic acids is 1. The van der Waals surface area contributed by atoms with E-state index < -0.39 is 29.6 Å². The second kappa shape index (κ2) is 12.6. The highest BCUT2D eigenvalue weighted by Crippen LogP contribution is 2.45. The maximum atomic E-state index is 14.0. The summed E-state index contributed by atoms with van der Waals surface area (Å²) in [6.07, 6.45) is 7.70. The number of hydrogen-bond donors (Lipinski definition) is 2. The molecule has 1 aromatic carbocycles. The summed E-state index contributed by atoms with van der Waals surface area (Å²) in [6, 6.07) is 6.49. The van der Waals surface area contributed by atoms with E-state index in [9.17, 15) is 19.5 Å². The maximum Gasteiger partial charge on any atom is 0.330 e. The van der Waals surface area contributed by atoms with E-state index in [1.54, 1.807) is 12.0 Å². The van der Waals surface area contributed by atoms with Crippen molar-refractivity contribution in [2.45, 2.75) is 69.7 Å². The number of rotatable bonds is 8. The summed E-state index contributed by atoms with van der Waals surface area (Å²) in [5.74, 6) is -1.03. The van der Waals surface area contributed by atoms with Crippen molar-refractivity contribution in [3.05, 3.63) is 42.0 Å². The third-order valence-corrected chi connectivity index (χ3v) is 7.62. The Morgan fingerprint density at radius 3 is 2.68 bits per heavy atom. The Labute approximate surface area is 223 Å². The van der Waals surface area contributed by atoms with Crippen molar-refractivity contribution in [3.8, 4) is 5.75 Å². The number of ether oxygens (including phenoxy) is 3. The fourth-order valence-corrected chi connectivity index (χ4v) is 5.25. The van der Waals surface area contributed by atoms with Gasteiger partial charge < -0.3 is 34.4 Å². The van der Waals surface area contributed by atoms with Gasteiger partial charge in [-0.2, -0.15) is 0 Å². The van der Waals surface area contributed by atoms with Crippen molar-refractivity contribution in [1.82, 2.24) is 15.1 Å². The normalized spacial score (nSPS) is 28.9. The lowest BCUT2D eigenvalue weighted by atomic mass is 10.1. The van der Waals surface area contributed by atoms with Gasteiger partial charge in [0.1, 0.15) is 24.1 Å². The van der Waals surface area contributed by atoms with Crippen LogP contribution < -0.4 is 10.1 Å². The van der Waals surface area contributed by atoms with Gasteiger partial charge in [-0.25, -0.2) is 9.59 Å². The largest absolute Gasteiger partial charge is 0.497 e. The number of fused-ring (bicyclic) bond motifs is 2. The second-order valence-corrected chi connectivity index (χ2v) is 10.2. The third kappa shape index (κ3) is 6.47. The molecular formula is C28H39N3O7. The third-order valence-electron chi connectivity index (χ3n) is 7.62. The molecule has 10 nitrogen and oxygen atoms in total. The lowest BCUT2D eigenvalue weighted by molar-refractivity contribution is -0.144. The Hall–Kier alpha value is -3.11. The first-order chi connectivity index (χ1) is 18.4. The molecule has 4 atom stereocenters. The van der Waals surface area contributed by atoms with Crippen LogP contribution in [0.1, 0.15) is 51.0 Å². The molecule has 2 N–H and O–H groups in total. The number of carboxylic acids is 1. The summed E-state index contributed by atoms with van der Waals surface area (Å²) in [7, 11) is 1.61. The average Bonchev–Trinajstić information content (AvgIpc) is 3.44. The van der Waals surface area contributed by atoms with E-state index in [-0.39, 0.29) is 31.7 Å². The summed E-state index contributed by atoms with van der Waals surface area (Å²) in [5.41, 5.74) is -0.370. The van der Waals surface area contributed by atoms with Gasteiger partial charge in [0.25, 0.3) is 0 Å². The van der Waals surface area contributed by atoms with Gasteiger partial charge in [0.05, 0.1) is 13.2 Å². The molecule has 208 valence electrons. The zero-order valence-corrected chi connectivity index (χ0v) is 22.3. The van der Waals surface area contributed by atoms with Gasteiger partial charge in [0.2, 0.25) is 5.91 Å². The molecule has 1 aromatic rings. The summed E-state index contributed by atoms with van der Waals surface area (Å²) >= 11 is 0. The van der Waals surface area contributed by atoms with Crippen LogP contribution in [0.5, 0.6) is 5.75 Å². The van der Waals surface area contributed by atoms with Crippen LogP contribution in [0, 0.1) is 5.92 Å². The number of nitrogens with one attached hydrogen (secondary N) is 1. The number of carbonyl (C=O) groups is 3. The van der Waals surface area contributed by atoms with Gasteiger partial charge in [-0.15, -0.1) is 0 Å². The highest BCUT2D eigenvalue weighted by Gasteiger charge is 2.61. The molecule has 3 aliphatic rings. The topological polar surface area (TPSA) is 118 Å². The molecule has 0 radical (unpaired) electrons. The Morgan fingerprint density at radius 1 is 1.18 bits per heavy atom. The van der Waals surface area contributed by atoms with Crippen LogP contribution in [0.3, 0.4) is 0 Å². The molecule has 4 unspecified atom stereocenters. The van der Waals surface area contributed by atoms with Gasteiger partial charge in [0.15, 0.2) is 0 Å². The molecule has 0 bridgehead atoms. The molecule has 2 fully saturated rings. The maximum absolute atomic E-state index is 14.0. The van der Waals surface area contributed by atoms with Crippen LogP contribution in [0.4, 0.5) is 4.79 Å². The highest BCUT2D eigenvalue weighted by atomic mass is 16.7. The average molecular weight is 530 g/mol. The van der Waals surface area contributed by atoms with E-state index in [0.29, 0.717) is 26.1 Å². The quantitative estimate of drug-likeness (QED) is 0.302. The molecule has 10 heteroatoms. The fraction of sp³-hybridized carbons (Fsp3) is 0.607. The Kier molecular flexibility index (Phi) is 9.27. The molecular weight excluding hydrogens is 490 g/mol. The van der Waals surface area contributed by atoms with Crippen LogP contribution in [0.2, 0.25) is 0 Å². The first-order valence-electron chi connectivity index (χ1n) is 13.5. The van der Waals surface area contributed by atoms with Crippen LogP contribution in [-0.4, -0.2) is 84.1 Å². The Morgan fingerprint density at radius 2 is 1.97 bits per heavy atom. The summed E-state index contributed by atoms with van der Waals surface area (Å²) in [5, 5.41) is 12.7. The number of carbonyl (C=O) groups excluding carboxylic acids is 2. The first-order valence-corrected chi connectivity index (χ1v) is 13.5. The minimum absolute atomic E-state index is 0.0685. The molecule has 38 heavy (non-hydrogen) atoms. The lowest BCUT2D eigenvalue weighted by Gasteiger charge is -2.32. The minimum atomic E-state index is -1.32. The number of nitrogens with zero attached hydrogens (tertiary/aromatic N) is 2. The summed E-state index contributed by atoms with van der Waals surface area (Å²) in [6.45, 7) is 3.59. The Bertz CT molecular complexity index is 1010. The molecule has 1 saturated heterocycles. The molecule has 2 heterocycles. The van der Waals surface area contributed by atoms with E-state index in [4.69, 9.17) is 14.2 Å². The zero-order chi connectivity index (χ0) is 27.1. The van der Waals surface area contributed by atoms with Crippen molar-refractivity contribution in [3.63, 3.8) is 0 Å². The van der Waals surface area contributed by atoms with Crippen LogP contribution in [0.15, 0.2) is 36.4 Å². The first kappa shape index (κ1) is 27.9. The number of methoxy groups -OCH3 is 1. The number of carboxylic acid groups (broad SMARTS) is 1. The molecule has 0 aromatic heterocycles. The van der Waals surface area contributed by atoms with Crippen molar-refractivity contribution >= 4 is 17.9 Å². The molecule has 1 aliphatic carbocycles. The van der Waals surface area contributed by atoms with Gasteiger partial charge in [-0.05, 0) is 50.3 Å². The second-order valence-electron chi connectivity index (χ2n) is 10.2. The van der Waals surface area contributed by atoms with Gasteiger partial charge in [-0.3, -0.25) is 4.79 Å². The zero-order valence-electron chi connectivity index (χ0n) is 22.3. The van der Waals surface area contributed by atoms with E-state index in [1.165, 1.54) is 4.90 Å². The standard InChI is InChI=1S/C28H39N3O7/c1-3-37-19-38-23-15-24-25(32)29-28(26(33)34)16-21(28)9-7-5-4-6-8-14-30(27(35)31(24)18-23)17-20-10-12-22(36-2)13-11-20/h7,9-13,21,23-24H,3-6,8,14-19H2,1-2H3,(H,29,32)(H,33,34)/b9-7-. The highest BCUT2D eigenvalue weighted by molar-refractivity contribution is 5.94. The van der Waals surface area contributed by atoms with Crippen molar-refractivity contribution in [1.29, 1.82) is 0 Å². The predicted molar refractivity (Wildman–Crippen MR) is 140 cm³/mol. The van der Waals surface area contributed by atoms with Gasteiger partial charge in [-0.1, -0.05) is 30.7 Å². The molecule has 1 saturated carbocycles. The summed E-state index contributed by atoms with van der Waals surface area (Å²) < 4.78 is 16.4. The molecule has 3 amide bonds. The number of allylic oxidation sites excluding steroid dienone is 1. The lowest BCUT2D eigenvalue weighted by Crippen LogP contribution is -2.55. The summed E-state index contributed by atoms with van der Waals surface area (Å²) in [4.78, 5) is 43.0. The van der Waals surface area contributed by atoms with Gasteiger partial charge in [0, 0.05) is 38.6 Å². The molecule has 2 aliphatic heterocycles. The van der Waals surface area contributed by atoms with E-state index in [0.717, 1.165) is 37.0 Å². The van der Waals surface area contributed by atoms with Gasteiger partial charge >= 0.3 is 12.0 Å². The molecule has 4 rings (SSSR count). The van der Waals surface area contributed by atoms with Crippen LogP contribution in [-0.2, 0) is 25.6 Å². The Balaban J connectivity index is 1.58. The van der Waals surface area contributed by atoms with E-state index in [2.05, 4.69) is 5.32 Å². The number of urea groups is 1. The number of benzene rings is 1. The van der Waals surface area contributed by atoms with E-state index >= 15 is 0 Å². The number of hydrogen-bond acceptors (Lipinski definition) is 6. The minimum Gasteiger partial charge on any atom is -0.497 e. The monoisotopic (exact) mass is 529 g/mol. The SMILES string of the molecule is CCOCOC1CC2C(=O)NC3(C(=O)O)CC3/C=C\CCCCCN(Cc3ccc(OC)cc3)C(=O)N2C1. The smallest absolute Gasteiger partial charge is 0.330 e. The number of amides is 3. The van der Waals surface area contributed by atoms with Crippen molar-refractivity contribution in [2.24, 2.45) is 5.92 Å². The van der Waals surface area contributed by atoms with Crippen molar-refractivity contribution < 1.29 is 33.7 Å². The molecule has 0 spiro atoms. The van der Waals surface area contributed by atoms with Crippen molar-refractivity contribution in [2.75, 3.05) is 33.6 Å². The van der Waals surface area contributed by atoms with Crippen LogP contribution in [0.25, 0.3) is 0 Å². The van der Waals surface area contributed by atoms with E-state index in [1.807, 2.05) is 43.3 Å². The fourth-order valence-electron chi connectivity index (χ4n) is 5.25. The predicted octanol–water partition coefficient (Wildman–Crippen LogP) is 3.16.